The highest BCUT2D eigenvalue weighted by molar-refractivity contribution is 7.08. The number of pyridine rings is 1. The molecule has 5 nitrogen and oxygen atoms in total. The van der Waals surface area contributed by atoms with E-state index in [0.717, 1.165) is 48.2 Å². The molecule has 0 saturated carbocycles. The van der Waals surface area contributed by atoms with Crippen molar-refractivity contribution in [2.75, 3.05) is 20.3 Å². The SMILES string of the molecule is COc1nccc2c1c(-c1ccsc1)nn2C1CCOCC1. The molecular weight excluding hydrogens is 298 g/mol. The van der Waals surface area contributed by atoms with Crippen LogP contribution >= 0.6 is 11.3 Å². The quantitative estimate of drug-likeness (QED) is 0.742. The van der Waals surface area contributed by atoms with Gasteiger partial charge in [-0.2, -0.15) is 16.4 Å². The Morgan fingerprint density at radius 3 is 2.91 bits per heavy atom. The highest BCUT2D eigenvalue weighted by Gasteiger charge is 2.23. The molecule has 0 aliphatic carbocycles. The fourth-order valence-electron chi connectivity index (χ4n) is 3.02. The Balaban J connectivity index is 1.94. The highest BCUT2D eigenvalue weighted by Crippen LogP contribution is 2.37. The van der Waals surface area contributed by atoms with Crippen LogP contribution in [-0.2, 0) is 4.74 Å². The number of hydrogen-bond acceptors (Lipinski definition) is 5. The van der Waals surface area contributed by atoms with Crippen LogP contribution in [0.2, 0.25) is 0 Å². The molecule has 1 aliphatic rings. The van der Waals surface area contributed by atoms with Gasteiger partial charge in [0.2, 0.25) is 5.88 Å². The number of rotatable bonds is 3. The minimum Gasteiger partial charge on any atom is -0.480 e. The van der Waals surface area contributed by atoms with Crippen LogP contribution in [0.4, 0.5) is 0 Å². The van der Waals surface area contributed by atoms with E-state index < -0.39 is 0 Å². The summed E-state index contributed by atoms with van der Waals surface area (Å²) in [6, 6.07) is 4.49. The maximum Gasteiger partial charge on any atom is 0.224 e. The molecule has 114 valence electrons. The van der Waals surface area contributed by atoms with Gasteiger partial charge in [0.05, 0.1) is 24.1 Å². The van der Waals surface area contributed by atoms with E-state index >= 15 is 0 Å². The first-order chi connectivity index (χ1) is 10.9. The van der Waals surface area contributed by atoms with Crippen LogP contribution in [-0.4, -0.2) is 35.1 Å². The predicted octanol–water partition coefficient (Wildman–Crippen LogP) is 3.52. The third kappa shape index (κ3) is 2.19. The van der Waals surface area contributed by atoms with Crippen LogP contribution in [0.3, 0.4) is 0 Å². The molecule has 1 saturated heterocycles. The Labute approximate surface area is 132 Å². The van der Waals surface area contributed by atoms with Gasteiger partial charge in [0.25, 0.3) is 0 Å². The smallest absolute Gasteiger partial charge is 0.224 e. The van der Waals surface area contributed by atoms with E-state index in [1.807, 2.05) is 6.07 Å². The molecule has 22 heavy (non-hydrogen) atoms. The van der Waals surface area contributed by atoms with Gasteiger partial charge in [-0.25, -0.2) is 4.98 Å². The molecule has 1 aliphatic heterocycles. The average Bonchev–Trinajstić information content (AvgIpc) is 3.22. The maximum atomic E-state index is 5.48. The van der Waals surface area contributed by atoms with Crippen molar-refractivity contribution in [2.45, 2.75) is 18.9 Å². The summed E-state index contributed by atoms with van der Waals surface area (Å²) < 4.78 is 13.1. The summed E-state index contributed by atoms with van der Waals surface area (Å²) in [6.07, 6.45) is 3.77. The number of methoxy groups -OCH3 is 1. The normalized spacial score (nSPS) is 16.2. The number of nitrogens with zero attached hydrogens (tertiary/aromatic N) is 3. The zero-order chi connectivity index (χ0) is 14.9. The zero-order valence-electron chi connectivity index (χ0n) is 12.4. The fraction of sp³-hybridized carbons (Fsp3) is 0.375. The number of hydrogen-bond donors (Lipinski definition) is 0. The summed E-state index contributed by atoms with van der Waals surface area (Å²) >= 11 is 1.67. The first kappa shape index (κ1) is 13.7. The number of fused-ring (bicyclic) bond motifs is 1. The van der Waals surface area contributed by atoms with Gasteiger partial charge in [-0.15, -0.1) is 0 Å². The van der Waals surface area contributed by atoms with Crippen LogP contribution in [0.15, 0.2) is 29.1 Å². The van der Waals surface area contributed by atoms with Gasteiger partial charge in [0, 0.05) is 30.4 Å². The first-order valence-electron chi connectivity index (χ1n) is 7.40. The summed E-state index contributed by atoms with van der Waals surface area (Å²) in [5.41, 5.74) is 3.15. The second-order valence-electron chi connectivity index (χ2n) is 5.36. The van der Waals surface area contributed by atoms with Gasteiger partial charge in [-0.3, -0.25) is 4.68 Å². The molecular formula is C16H17N3O2S. The second kappa shape index (κ2) is 5.70. The molecule has 0 aromatic carbocycles. The second-order valence-corrected chi connectivity index (χ2v) is 6.14. The number of ether oxygens (including phenoxy) is 2. The maximum absolute atomic E-state index is 5.48. The molecule has 1 fully saturated rings. The van der Waals surface area contributed by atoms with E-state index in [1.165, 1.54) is 0 Å². The van der Waals surface area contributed by atoms with Gasteiger partial charge in [0.1, 0.15) is 5.69 Å². The van der Waals surface area contributed by atoms with Crippen molar-refractivity contribution in [3.8, 4) is 17.1 Å². The minimum absolute atomic E-state index is 0.371. The van der Waals surface area contributed by atoms with Crippen molar-refractivity contribution < 1.29 is 9.47 Å². The van der Waals surface area contributed by atoms with Gasteiger partial charge < -0.3 is 9.47 Å². The molecule has 0 bridgehead atoms. The molecule has 6 heteroatoms. The third-order valence-corrected chi connectivity index (χ3v) is 4.79. The van der Waals surface area contributed by atoms with Crippen molar-refractivity contribution in [3.63, 3.8) is 0 Å². The third-order valence-electron chi connectivity index (χ3n) is 4.11. The summed E-state index contributed by atoms with van der Waals surface area (Å²) in [6.45, 7) is 1.59. The number of thiophene rings is 1. The minimum atomic E-state index is 0.371. The Bertz CT molecular complexity index is 776. The van der Waals surface area contributed by atoms with Crippen LogP contribution < -0.4 is 4.74 Å². The lowest BCUT2D eigenvalue weighted by atomic mass is 10.1. The van der Waals surface area contributed by atoms with Crippen molar-refractivity contribution >= 4 is 22.2 Å². The number of aromatic nitrogens is 3. The predicted molar refractivity (Wildman–Crippen MR) is 86.5 cm³/mol. The highest BCUT2D eigenvalue weighted by atomic mass is 32.1. The van der Waals surface area contributed by atoms with Crippen LogP contribution in [0.25, 0.3) is 22.2 Å². The lowest BCUT2D eigenvalue weighted by molar-refractivity contribution is 0.0675. The summed E-state index contributed by atoms with van der Waals surface area (Å²) in [5, 5.41) is 10.1. The van der Waals surface area contributed by atoms with Crippen molar-refractivity contribution in [2.24, 2.45) is 0 Å². The van der Waals surface area contributed by atoms with E-state index in [4.69, 9.17) is 14.6 Å². The monoisotopic (exact) mass is 315 g/mol. The summed E-state index contributed by atoms with van der Waals surface area (Å²) in [5.74, 6) is 0.636. The Kier molecular flexibility index (Phi) is 3.56. The van der Waals surface area contributed by atoms with E-state index in [2.05, 4.69) is 26.5 Å². The summed E-state index contributed by atoms with van der Waals surface area (Å²) in [4.78, 5) is 4.36. The Morgan fingerprint density at radius 2 is 2.18 bits per heavy atom. The van der Waals surface area contributed by atoms with Crippen LogP contribution in [0.1, 0.15) is 18.9 Å². The molecule has 0 spiro atoms. The van der Waals surface area contributed by atoms with Gasteiger partial charge >= 0.3 is 0 Å². The molecule has 0 amide bonds. The standard InChI is InChI=1S/C16H17N3O2S/c1-20-16-14-13(2-6-17-16)19(12-3-7-21-8-4-12)18-15(14)11-5-9-22-10-11/h2,5-6,9-10,12H,3-4,7-8H2,1H3. The Hall–Kier alpha value is -1.92. The molecule has 4 rings (SSSR count). The van der Waals surface area contributed by atoms with Gasteiger partial charge in [-0.1, -0.05) is 0 Å². The molecule has 0 radical (unpaired) electrons. The lowest BCUT2D eigenvalue weighted by Crippen LogP contribution is -2.20. The first-order valence-corrected chi connectivity index (χ1v) is 8.34. The average molecular weight is 315 g/mol. The molecule has 3 aromatic rings. The molecule has 3 aromatic heterocycles. The van der Waals surface area contributed by atoms with E-state index in [1.54, 1.807) is 24.6 Å². The van der Waals surface area contributed by atoms with Gasteiger partial charge in [-0.05, 0) is 30.4 Å². The Morgan fingerprint density at radius 1 is 1.32 bits per heavy atom. The van der Waals surface area contributed by atoms with E-state index in [9.17, 15) is 0 Å². The largest absolute Gasteiger partial charge is 0.480 e. The van der Waals surface area contributed by atoms with Crippen molar-refractivity contribution in [1.82, 2.24) is 14.8 Å². The van der Waals surface area contributed by atoms with E-state index in [0.29, 0.717) is 11.9 Å². The van der Waals surface area contributed by atoms with E-state index in [-0.39, 0.29) is 0 Å². The van der Waals surface area contributed by atoms with Gasteiger partial charge in [0.15, 0.2) is 0 Å². The van der Waals surface area contributed by atoms with Crippen molar-refractivity contribution in [1.29, 1.82) is 0 Å². The molecule has 0 unspecified atom stereocenters. The molecule has 0 N–H and O–H groups in total. The summed E-state index contributed by atoms with van der Waals surface area (Å²) in [7, 11) is 1.66. The zero-order valence-corrected chi connectivity index (χ0v) is 13.2. The fourth-order valence-corrected chi connectivity index (χ4v) is 3.66. The molecule has 0 atom stereocenters. The van der Waals surface area contributed by atoms with Crippen LogP contribution in [0.5, 0.6) is 5.88 Å². The topological polar surface area (TPSA) is 49.2 Å². The lowest BCUT2D eigenvalue weighted by Gasteiger charge is -2.23. The van der Waals surface area contributed by atoms with Crippen LogP contribution in [0, 0.1) is 0 Å². The molecule has 4 heterocycles. The van der Waals surface area contributed by atoms with Crippen molar-refractivity contribution in [3.05, 3.63) is 29.1 Å².